The smallest absolute Gasteiger partial charge is 0.231 e. The van der Waals surface area contributed by atoms with Crippen molar-refractivity contribution in [1.82, 2.24) is 0 Å². The van der Waals surface area contributed by atoms with Crippen LogP contribution >= 0.6 is 0 Å². The molecule has 0 bridgehead atoms. The summed E-state index contributed by atoms with van der Waals surface area (Å²) < 4.78 is 33.2. The number of benzene rings is 1. The van der Waals surface area contributed by atoms with E-state index in [1.807, 2.05) is 0 Å². The number of nitrogens with two attached hydrogens (primary N) is 1. The van der Waals surface area contributed by atoms with Crippen molar-refractivity contribution in [2.75, 3.05) is 18.8 Å². The number of hydrogen-bond donors (Lipinski definition) is 1. The van der Waals surface area contributed by atoms with E-state index in [0.717, 1.165) is 6.26 Å². The fraction of sp³-hybridized carbons (Fsp3) is 0.333. The highest BCUT2D eigenvalue weighted by molar-refractivity contribution is 7.90. The maximum atomic E-state index is 11.4. The fourth-order valence-electron chi connectivity index (χ4n) is 1.50. The molecule has 0 unspecified atom stereocenters. The van der Waals surface area contributed by atoms with Gasteiger partial charge in [-0.25, -0.2) is 8.42 Å². The van der Waals surface area contributed by atoms with Crippen LogP contribution in [0.4, 0.5) is 5.69 Å². The summed E-state index contributed by atoms with van der Waals surface area (Å²) >= 11 is 0. The van der Waals surface area contributed by atoms with Crippen molar-refractivity contribution in [2.45, 2.75) is 11.8 Å². The third kappa shape index (κ3) is 1.50. The average Bonchev–Trinajstić information content (AvgIpc) is 2.57. The zero-order valence-corrected chi connectivity index (χ0v) is 9.22. The van der Waals surface area contributed by atoms with E-state index < -0.39 is 9.84 Å². The van der Waals surface area contributed by atoms with Crippen LogP contribution in [0.3, 0.4) is 0 Å². The van der Waals surface area contributed by atoms with Crippen molar-refractivity contribution in [2.24, 2.45) is 0 Å². The van der Waals surface area contributed by atoms with Crippen LogP contribution in [0.2, 0.25) is 0 Å². The molecule has 1 aromatic carbocycles. The molecule has 0 aromatic heterocycles. The van der Waals surface area contributed by atoms with Crippen molar-refractivity contribution in [3.8, 4) is 11.5 Å². The third-order valence-corrected chi connectivity index (χ3v) is 3.45. The van der Waals surface area contributed by atoms with Crippen LogP contribution in [-0.2, 0) is 9.84 Å². The molecule has 0 saturated carbocycles. The van der Waals surface area contributed by atoms with E-state index in [1.54, 1.807) is 6.92 Å². The molecule has 1 aliphatic rings. The number of fused-ring (bicyclic) bond motifs is 1. The summed E-state index contributed by atoms with van der Waals surface area (Å²) in [5, 5.41) is 0. The topological polar surface area (TPSA) is 78.6 Å². The summed E-state index contributed by atoms with van der Waals surface area (Å²) in [6, 6.07) is 1.40. The second kappa shape index (κ2) is 3.03. The summed E-state index contributed by atoms with van der Waals surface area (Å²) in [4.78, 5) is 0.0873. The Bertz CT molecular complexity index is 521. The van der Waals surface area contributed by atoms with Crippen LogP contribution in [0.1, 0.15) is 5.56 Å². The third-order valence-electron chi connectivity index (χ3n) is 2.31. The van der Waals surface area contributed by atoms with E-state index in [-0.39, 0.29) is 17.4 Å². The molecule has 0 aliphatic carbocycles. The van der Waals surface area contributed by atoms with E-state index in [2.05, 4.69) is 0 Å². The molecule has 0 saturated heterocycles. The molecule has 82 valence electrons. The lowest BCUT2D eigenvalue weighted by Crippen LogP contribution is -2.04. The van der Waals surface area contributed by atoms with Crippen LogP contribution in [0, 0.1) is 6.92 Å². The first-order valence-corrected chi connectivity index (χ1v) is 6.19. The fourth-order valence-corrected chi connectivity index (χ4v) is 2.37. The van der Waals surface area contributed by atoms with Gasteiger partial charge in [0.05, 0.1) is 10.6 Å². The van der Waals surface area contributed by atoms with E-state index in [0.29, 0.717) is 17.1 Å². The average molecular weight is 229 g/mol. The van der Waals surface area contributed by atoms with Crippen LogP contribution in [0.25, 0.3) is 0 Å². The van der Waals surface area contributed by atoms with E-state index in [4.69, 9.17) is 15.2 Å². The van der Waals surface area contributed by atoms with Gasteiger partial charge in [0.2, 0.25) is 6.79 Å². The highest BCUT2D eigenvalue weighted by Crippen LogP contribution is 2.41. The summed E-state index contributed by atoms with van der Waals surface area (Å²) in [5.74, 6) is 0.960. The second-order valence-electron chi connectivity index (χ2n) is 3.42. The van der Waals surface area contributed by atoms with Crippen LogP contribution in [0.5, 0.6) is 11.5 Å². The number of hydrogen-bond acceptors (Lipinski definition) is 5. The van der Waals surface area contributed by atoms with Gasteiger partial charge in [0.15, 0.2) is 21.3 Å². The van der Waals surface area contributed by atoms with Crippen molar-refractivity contribution in [1.29, 1.82) is 0 Å². The van der Waals surface area contributed by atoms with Gasteiger partial charge in [-0.15, -0.1) is 0 Å². The predicted molar refractivity (Wildman–Crippen MR) is 54.8 cm³/mol. The molecular formula is C9H11NO4S. The zero-order valence-electron chi connectivity index (χ0n) is 8.40. The molecule has 0 atom stereocenters. The molecule has 2 rings (SSSR count). The minimum Gasteiger partial charge on any atom is -0.454 e. The lowest BCUT2D eigenvalue weighted by molar-refractivity contribution is 0.173. The molecule has 2 N–H and O–H groups in total. The van der Waals surface area contributed by atoms with Gasteiger partial charge in [0, 0.05) is 17.9 Å². The first kappa shape index (κ1) is 10.1. The van der Waals surface area contributed by atoms with Gasteiger partial charge in [-0.3, -0.25) is 0 Å². The van der Waals surface area contributed by atoms with Gasteiger partial charge < -0.3 is 15.2 Å². The Labute approximate surface area is 87.7 Å². The second-order valence-corrected chi connectivity index (χ2v) is 5.40. The Kier molecular flexibility index (Phi) is 2.04. The van der Waals surface area contributed by atoms with Crippen LogP contribution in [0.15, 0.2) is 11.0 Å². The summed E-state index contributed by atoms with van der Waals surface area (Å²) in [5.41, 5.74) is 6.55. The molecule has 0 fully saturated rings. The van der Waals surface area contributed by atoms with Crippen LogP contribution < -0.4 is 15.2 Å². The molecule has 1 heterocycles. The summed E-state index contributed by atoms with van der Waals surface area (Å²) in [6.07, 6.45) is 1.11. The van der Waals surface area contributed by atoms with Gasteiger partial charge in [0.25, 0.3) is 0 Å². The molecule has 6 heteroatoms. The zero-order chi connectivity index (χ0) is 11.2. The number of sulfone groups is 1. The molecule has 1 aromatic rings. The van der Waals surface area contributed by atoms with Crippen molar-refractivity contribution < 1.29 is 17.9 Å². The normalized spacial score (nSPS) is 14.3. The van der Waals surface area contributed by atoms with Crippen LogP contribution in [-0.4, -0.2) is 21.5 Å². The van der Waals surface area contributed by atoms with E-state index in [1.165, 1.54) is 6.07 Å². The Morgan fingerprint density at radius 2 is 2.07 bits per heavy atom. The minimum atomic E-state index is -3.34. The first-order valence-electron chi connectivity index (χ1n) is 4.30. The van der Waals surface area contributed by atoms with E-state index in [9.17, 15) is 8.42 Å². The Hall–Kier alpha value is -1.43. The van der Waals surface area contributed by atoms with Crippen molar-refractivity contribution >= 4 is 15.5 Å². The molecule has 0 amide bonds. The Morgan fingerprint density at radius 3 is 2.67 bits per heavy atom. The highest BCUT2D eigenvalue weighted by atomic mass is 32.2. The number of anilines is 1. The SMILES string of the molecule is Cc1c(N)c(S(C)(=O)=O)cc2c1OCO2. The van der Waals surface area contributed by atoms with Gasteiger partial charge in [-0.1, -0.05) is 0 Å². The predicted octanol–water partition coefficient (Wildman–Crippen LogP) is 0.709. The minimum absolute atomic E-state index is 0.0873. The Morgan fingerprint density at radius 1 is 1.40 bits per heavy atom. The van der Waals surface area contributed by atoms with Crippen molar-refractivity contribution in [3.05, 3.63) is 11.6 Å². The molecular weight excluding hydrogens is 218 g/mol. The number of rotatable bonds is 1. The standard InChI is InChI=1S/C9H11NO4S/c1-5-8(10)7(15(2,11)12)3-6-9(5)14-4-13-6/h3H,4,10H2,1-2H3. The molecule has 0 radical (unpaired) electrons. The number of ether oxygens (including phenoxy) is 2. The largest absolute Gasteiger partial charge is 0.454 e. The lowest BCUT2D eigenvalue weighted by Gasteiger charge is -2.09. The molecule has 1 aliphatic heterocycles. The first-order chi connectivity index (χ1) is 6.91. The Balaban J connectivity index is 2.75. The monoisotopic (exact) mass is 229 g/mol. The lowest BCUT2D eigenvalue weighted by atomic mass is 10.1. The van der Waals surface area contributed by atoms with Gasteiger partial charge in [-0.05, 0) is 6.92 Å². The summed E-state index contributed by atoms with van der Waals surface area (Å²) in [7, 11) is -3.34. The summed E-state index contributed by atoms with van der Waals surface area (Å²) in [6.45, 7) is 1.81. The molecule has 0 spiro atoms. The maximum Gasteiger partial charge on any atom is 0.231 e. The van der Waals surface area contributed by atoms with Gasteiger partial charge >= 0.3 is 0 Å². The maximum absolute atomic E-state index is 11.4. The molecule has 15 heavy (non-hydrogen) atoms. The van der Waals surface area contributed by atoms with Crippen molar-refractivity contribution in [3.63, 3.8) is 0 Å². The number of nitrogen functional groups attached to an aromatic ring is 1. The van der Waals surface area contributed by atoms with Gasteiger partial charge in [-0.2, -0.15) is 0 Å². The van der Waals surface area contributed by atoms with Gasteiger partial charge in [0.1, 0.15) is 0 Å². The molecule has 5 nitrogen and oxygen atoms in total. The highest BCUT2D eigenvalue weighted by Gasteiger charge is 2.24. The quantitative estimate of drug-likeness (QED) is 0.717. The van der Waals surface area contributed by atoms with E-state index >= 15 is 0 Å².